The Kier molecular flexibility index (Phi) is 5.20. The van der Waals surface area contributed by atoms with Gasteiger partial charge < -0.3 is 15.2 Å². The lowest BCUT2D eigenvalue weighted by atomic mass is 10.2. The minimum Gasteiger partial charge on any atom is -0.347 e. The molecule has 2 aromatic carbocycles. The monoisotopic (exact) mass is 337 g/mol. The molecule has 0 aliphatic carbocycles. The van der Waals surface area contributed by atoms with Crippen LogP contribution in [0.1, 0.15) is 11.4 Å². The molecule has 0 aliphatic heterocycles. The van der Waals surface area contributed by atoms with Crippen LogP contribution >= 0.6 is 0 Å². The summed E-state index contributed by atoms with van der Waals surface area (Å²) in [5.41, 5.74) is 1.58. The highest BCUT2D eigenvalue weighted by molar-refractivity contribution is 5.77. The van der Waals surface area contributed by atoms with Gasteiger partial charge in [0.1, 0.15) is 6.54 Å². The first-order valence-corrected chi connectivity index (χ1v) is 8.21. The quantitative estimate of drug-likeness (QED) is 0.603. The third kappa shape index (κ3) is 4.51. The molecule has 0 spiro atoms. The number of likely N-dealkylation sites (N-methyl/N-ethyl adjacent to an activating group) is 1. The van der Waals surface area contributed by atoms with Gasteiger partial charge in [0.2, 0.25) is 0 Å². The maximum atomic E-state index is 12.1. The number of H-pyrrole nitrogens is 1. The molecule has 0 saturated heterocycles. The van der Waals surface area contributed by atoms with Crippen molar-refractivity contribution in [3.8, 4) is 0 Å². The predicted molar refractivity (Wildman–Crippen MR) is 96.1 cm³/mol. The van der Waals surface area contributed by atoms with E-state index in [2.05, 4.69) is 15.3 Å². The summed E-state index contributed by atoms with van der Waals surface area (Å²) in [5.74, 6) is 0.543. The van der Waals surface area contributed by atoms with Gasteiger partial charge in [-0.05, 0) is 17.7 Å². The Hall–Kier alpha value is -2.99. The third-order valence-corrected chi connectivity index (χ3v) is 3.93. The molecule has 3 N–H and O–H groups in total. The number of carbonyl (C=O) groups is 1. The number of aromatic nitrogens is 2. The molecular weight excluding hydrogens is 316 g/mol. The van der Waals surface area contributed by atoms with E-state index in [-0.39, 0.29) is 11.5 Å². The number of nitrogens with one attached hydrogen (secondary N) is 3. The molecule has 0 fully saturated rings. The first-order chi connectivity index (χ1) is 12.1. The zero-order valence-electron chi connectivity index (χ0n) is 14.1. The van der Waals surface area contributed by atoms with E-state index in [1.807, 2.05) is 55.6 Å². The molecule has 6 nitrogen and oxygen atoms in total. The number of carbonyl (C=O) groups excluding carboxylic acids is 1. The number of amides is 1. The number of hydrogen-bond acceptors (Lipinski definition) is 3. The Bertz CT molecular complexity index is 921. The molecule has 1 amide bonds. The molecule has 6 heteroatoms. The smallest absolute Gasteiger partial charge is 0.275 e. The second kappa shape index (κ2) is 7.72. The lowest BCUT2D eigenvalue weighted by molar-refractivity contribution is -0.886. The highest BCUT2D eigenvalue weighted by atomic mass is 16.2. The number of para-hydroxylation sites is 1. The van der Waals surface area contributed by atoms with E-state index >= 15 is 0 Å². The van der Waals surface area contributed by atoms with Gasteiger partial charge in [0.15, 0.2) is 12.4 Å². The van der Waals surface area contributed by atoms with Gasteiger partial charge in [-0.15, -0.1) is 0 Å². The average Bonchev–Trinajstić information content (AvgIpc) is 2.61. The summed E-state index contributed by atoms with van der Waals surface area (Å²) in [6.07, 6.45) is 0. The largest absolute Gasteiger partial charge is 0.347 e. The topological polar surface area (TPSA) is 79.3 Å². The Labute approximate surface area is 145 Å². The molecule has 1 unspecified atom stereocenters. The molecule has 1 aromatic heterocycles. The van der Waals surface area contributed by atoms with Crippen molar-refractivity contribution < 1.29 is 9.69 Å². The summed E-state index contributed by atoms with van der Waals surface area (Å²) < 4.78 is 0. The normalized spacial score (nSPS) is 12.0. The second-order valence-corrected chi connectivity index (χ2v) is 6.10. The summed E-state index contributed by atoms with van der Waals surface area (Å²) in [4.78, 5) is 32.4. The van der Waals surface area contributed by atoms with E-state index in [4.69, 9.17) is 0 Å². The van der Waals surface area contributed by atoms with Crippen LogP contribution in [0.5, 0.6) is 0 Å². The van der Waals surface area contributed by atoms with Crippen LogP contribution in [0.2, 0.25) is 0 Å². The van der Waals surface area contributed by atoms with Gasteiger partial charge in [0.25, 0.3) is 11.5 Å². The molecule has 3 aromatic rings. The Morgan fingerprint density at radius 3 is 2.64 bits per heavy atom. The summed E-state index contributed by atoms with van der Waals surface area (Å²) in [7, 11) is 1.90. The standard InChI is InChI=1S/C19H20N4O2/c1-23(13-18(24)20-11-14-7-3-2-4-8-14)12-17-21-16-10-6-5-9-15(16)19(25)22-17/h2-10H,11-13H2,1H3,(H,20,24)(H,21,22,25)/p+1. The fourth-order valence-corrected chi connectivity index (χ4v) is 2.70. The zero-order chi connectivity index (χ0) is 17.6. The Morgan fingerprint density at radius 2 is 1.84 bits per heavy atom. The SMILES string of the molecule is C[NH+](CC(=O)NCc1ccccc1)Cc1nc2ccccc2c(=O)[nH]1. The molecular formula is C19H21N4O2+. The van der Waals surface area contributed by atoms with E-state index < -0.39 is 0 Å². The van der Waals surface area contributed by atoms with E-state index in [1.54, 1.807) is 6.07 Å². The number of benzene rings is 2. The van der Waals surface area contributed by atoms with E-state index in [0.29, 0.717) is 36.4 Å². The second-order valence-electron chi connectivity index (χ2n) is 6.10. The van der Waals surface area contributed by atoms with Crippen LogP contribution < -0.4 is 15.8 Å². The highest BCUT2D eigenvalue weighted by Crippen LogP contribution is 2.04. The lowest BCUT2D eigenvalue weighted by Gasteiger charge is -2.13. The molecule has 1 heterocycles. The first kappa shape index (κ1) is 16.9. The molecule has 1 atom stereocenters. The van der Waals surface area contributed by atoms with Crippen molar-refractivity contribution in [2.75, 3.05) is 13.6 Å². The van der Waals surface area contributed by atoms with Crippen LogP contribution in [0.3, 0.4) is 0 Å². The van der Waals surface area contributed by atoms with Crippen molar-refractivity contribution in [3.63, 3.8) is 0 Å². The van der Waals surface area contributed by atoms with Crippen LogP contribution in [0.15, 0.2) is 59.4 Å². The molecule has 0 saturated carbocycles. The summed E-state index contributed by atoms with van der Waals surface area (Å²) in [6.45, 7) is 1.29. The number of quaternary nitrogens is 1. The molecule has 3 rings (SSSR count). The third-order valence-electron chi connectivity index (χ3n) is 3.93. The number of fused-ring (bicyclic) bond motifs is 1. The number of nitrogens with zero attached hydrogens (tertiary/aromatic N) is 1. The minimum atomic E-state index is -0.151. The predicted octanol–water partition coefficient (Wildman–Crippen LogP) is 0.254. The fraction of sp³-hybridized carbons (Fsp3) is 0.211. The van der Waals surface area contributed by atoms with Gasteiger partial charge in [-0.2, -0.15) is 0 Å². The van der Waals surface area contributed by atoms with Crippen molar-refractivity contribution in [3.05, 3.63) is 76.3 Å². The van der Waals surface area contributed by atoms with Gasteiger partial charge >= 0.3 is 0 Å². The van der Waals surface area contributed by atoms with Gasteiger partial charge in [0, 0.05) is 6.54 Å². The van der Waals surface area contributed by atoms with Crippen molar-refractivity contribution in [1.82, 2.24) is 15.3 Å². The molecule has 128 valence electrons. The molecule has 0 bridgehead atoms. The minimum absolute atomic E-state index is 0.0375. The van der Waals surface area contributed by atoms with Crippen LogP contribution in [0.4, 0.5) is 0 Å². The number of aromatic amines is 1. The number of rotatable bonds is 6. The first-order valence-electron chi connectivity index (χ1n) is 8.21. The van der Waals surface area contributed by atoms with Crippen molar-refractivity contribution >= 4 is 16.8 Å². The van der Waals surface area contributed by atoms with Crippen molar-refractivity contribution in [2.24, 2.45) is 0 Å². The van der Waals surface area contributed by atoms with Crippen molar-refractivity contribution in [2.45, 2.75) is 13.1 Å². The van der Waals surface area contributed by atoms with E-state index in [0.717, 1.165) is 10.5 Å². The van der Waals surface area contributed by atoms with Crippen LogP contribution in [-0.2, 0) is 17.9 Å². The van der Waals surface area contributed by atoms with Crippen LogP contribution in [0, 0.1) is 0 Å². The van der Waals surface area contributed by atoms with E-state index in [1.165, 1.54) is 0 Å². The summed E-state index contributed by atoms with van der Waals surface area (Å²) in [6, 6.07) is 17.0. The maximum Gasteiger partial charge on any atom is 0.275 e. The lowest BCUT2D eigenvalue weighted by Crippen LogP contribution is -3.09. The van der Waals surface area contributed by atoms with E-state index in [9.17, 15) is 9.59 Å². The fourth-order valence-electron chi connectivity index (χ4n) is 2.70. The number of hydrogen-bond donors (Lipinski definition) is 3. The van der Waals surface area contributed by atoms with Gasteiger partial charge in [-0.1, -0.05) is 42.5 Å². The summed E-state index contributed by atoms with van der Waals surface area (Å²) >= 11 is 0. The maximum absolute atomic E-state index is 12.1. The molecule has 25 heavy (non-hydrogen) atoms. The zero-order valence-corrected chi connectivity index (χ0v) is 14.1. The highest BCUT2D eigenvalue weighted by Gasteiger charge is 2.12. The van der Waals surface area contributed by atoms with Crippen molar-refractivity contribution in [1.29, 1.82) is 0 Å². The Balaban J connectivity index is 1.58. The van der Waals surface area contributed by atoms with Gasteiger partial charge in [0.05, 0.1) is 18.0 Å². The van der Waals surface area contributed by atoms with Gasteiger partial charge in [-0.25, -0.2) is 4.98 Å². The van der Waals surface area contributed by atoms with Crippen LogP contribution in [-0.4, -0.2) is 29.5 Å². The molecule has 0 aliphatic rings. The Morgan fingerprint density at radius 1 is 1.12 bits per heavy atom. The molecule has 0 radical (unpaired) electrons. The van der Waals surface area contributed by atoms with Crippen LogP contribution in [0.25, 0.3) is 10.9 Å². The van der Waals surface area contributed by atoms with Gasteiger partial charge in [-0.3, -0.25) is 9.59 Å². The average molecular weight is 337 g/mol. The summed E-state index contributed by atoms with van der Waals surface area (Å²) in [5, 5.41) is 3.48.